The van der Waals surface area contributed by atoms with Crippen molar-refractivity contribution >= 4 is 32.3 Å². The van der Waals surface area contributed by atoms with E-state index in [0.717, 1.165) is 11.3 Å². The predicted octanol–water partition coefficient (Wildman–Crippen LogP) is 5.04. The Bertz CT molecular complexity index is 1100. The first-order valence-corrected chi connectivity index (χ1v) is 7.35. The molecule has 2 nitrogen and oxygen atoms in total. The van der Waals surface area contributed by atoms with E-state index < -0.39 is 0 Å². The van der Waals surface area contributed by atoms with E-state index in [1.54, 1.807) is 12.5 Å². The number of benzene rings is 4. The van der Waals surface area contributed by atoms with Crippen LogP contribution in [-0.2, 0) is 0 Å². The predicted molar refractivity (Wildman–Crippen MR) is 91.2 cm³/mol. The third kappa shape index (κ3) is 1.49. The van der Waals surface area contributed by atoms with Gasteiger partial charge in [-0.2, -0.15) is 0 Å². The fraction of sp³-hybridized carbons (Fsp3) is 0. The van der Waals surface area contributed by atoms with Crippen molar-refractivity contribution in [3.63, 3.8) is 0 Å². The molecule has 0 aliphatic carbocycles. The SMILES string of the molecule is c1cc2ccc3ccc(-c4ccncn4)c4ccc(c1)c2c34. The summed E-state index contributed by atoms with van der Waals surface area (Å²) < 4.78 is 0. The maximum Gasteiger partial charge on any atom is 0.116 e. The van der Waals surface area contributed by atoms with E-state index in [-0.39, 0.29) is 0 Å². The molecule has 0 amide bonds. The van der Waals surface area contributed by atoms with Crippen molar-refractivity contribution in [2.45, 2.75) is 0 Å². The van der Waals surface area contributed by atoms with Crippen molar-refractivity contribution in [1.82, 2.24) is 9.97 Å². The van der Waals surface area contributed by atoms with Gasteiger partial charge in [0.1, 0.15) is 6.33 Å². The molecule has 0 saturated carbocycles. The average molecular weight is 280 g/mol. The van der Waals surface area contributed by atoms with Crippen molar-refractivity contribution < 1.29 is 0 Å². The van der Waals surface area contributed by atoms with Crippen LogP contribution < -0.4 is 0 Å². The lowest BCUT2D eigenvalue weighted by Gasteiger charge is -2.13. The van der Waals surface area contributed by atoms with Crippen LogP contribution in [0.2, 0.25) is 0 Å². The molecule has 0 fully saturated rings. The van der Waals surface area contributed by atoms with Gasteiger partial charge in [0, 0.05) is 11.8 Å². The van der Waals surface area contributed by atoms with Gasteiger partial charge in [-0.25, -0.2) is 9.97 Å². The first-order chi connectivity index (χ1) is 10.9. The second-order valence-corrected chi connectivity index (χ2v) is 5.56. The minimum Gasteiger partial charge on any atom is -0.245 e. The van der Waals surface area contributed by atoms with Crippen molar-refractivity contribution in [2.24, 2.45) is 0 Å². The van der Waals surface area contributed by atoms with Crippen LogP contribution >= 0.6 is 0 Å². The normalized spacial score (nSPS) is 11.6. The summed E-state index contributed by atoms with van der Waals surface area (Å²) in [6.45, 7) is 0. The van der Waals surface area contributed by atoms with Gasteiger partial charge >= 0.3 is 0 Å². The van der Waals surface area contributed by atoms with Gasteiger partial charge in [-0.3, -0.25) is 0 Å². The number of hydrogen-bond acceptors (Lipinski definition) is 2. The zero-order chi connectivity index (χ0) is 14.5. The molecule has 4 aromatic carbocycles. The lowest BCUT2D eigenvalue weighted by molar-refractivity contribution is 1.17. The number of nitrogens with zero attached hydrogens (tertiary/aromatic N) is 2. The summed E-state index contributed by atoms with van der Waals surface area (Å²) >= 11 is 0. The molecule has 0 spiro atoms. The standard InChI is InChI=1S/C20H12N2/c1-2-13-4-5-15-6-8-16(18-10-11-21-12-22-18)17-9-7-14(3-1)19(13)20(15)17/h1-12H. The molecular formula is C20H12N2. The Labute approximate surface area is 127 Å². The van der Waals surface area contributed by atoms with Crippen LogP contribution in [-0.4, -0.2) is 9.97 Å². The molecular weight excluding hydrogens is 268 g/mol. The topological polar surface area (TPSA) is 25.8 Å². The third-order valence-electron chi connectivity index (χ3n) is 4.39. The average Bonchev–Trinajstić information content (AvgIpc) is 2.60. The lowest BCUT2D eigenvalue weighted by Crippen LogP contribution is -1.89. The van der Waals surface area contributed by atoms with Crippen molar-refractivity contribution in [1.29, 1.82) is 0 Å². The summed E-state index contributed by atoms with van der Waals surface area (Å²) in [6.07, 6.45) is 3.40. The Hall–Kier alpha value is -3.00. The Balaban J connectivity index is 2.02. The van der Waals surface area contributed by atoms with Crippen LogP contribution in [0.5, 0.6) is 0 Å². The molecule has 0 unspecified atom stereocenters. The molecule has 0 aliphatic heterocycles. The van der Waals surface area contributed by atoms with Gasteiger partial charge in [0.05, 0.1) is 5.69 Å². The summed E-state index contributed by atoms with van der Waals surface area (Å²) in [6, 6.07) is 21.6. The quantitative estimate of drug-likeness (QED) is 0.402. The first kappa shape index (κ1) is 11.6. The smallest absolute Gasteiger partial charge is 0.116 e. The molecule has 5 aromatic rings. The van der Waals surface area contributed by atoms with Crippen molar-refractivity contribution in [2.75, 3.05) is 0 Å². The largest absolute Gasteiger partial charge is 0.245 e. The van der Waals surface area contributed by atoms with Gasteiger partial charge in [-0.05, 0) is 38.4 Å². The van der Waals surface area contributed by atoms with Crippen LogP contribution in [0.3, 0.4) is 0 Å². The molecule has 0 aliphatic rings. The van der Waals surface area contributed by atoms with Gasteiger partial charge < -0.3 is 0 Å². The minimum absolute atomic E-state index is 0.966. The van der Waals surface area contributed by atoms with E-state index in [1.165, 1.54) is 32.3 Å². The van der Waals surface area contributed by atoms with Crippen molar-refractivity contribution in [3.8, 4) is 11.3 Å². The second-order valence-electron chi connectivity index (χ2n) is 5.56. The maximum atomic E-state index is 4.42. The number of rotatable bonds is 1. The fourth-order valence-corrected chi connectivity index (χ4v) is 3.41. The minimum atomic E-state index is 0.966. The Kier molecular flexibility index (Phi) is 2.25. The highest BCUT2D eigenvalue weighted by atomic mass is 14.8. The maximum absolute atomic E-state index is 4.42. The van der Waals surface area contributed by atoms with Crippen LogP contribution in [0, 0.1) is 0 Å². The highest BCUT2D eigenvalue weighted by Gasteiger charge is 2.11. The number of hydrogen-bond donors (Lipinski definition) is 0. The van der Waals surface area contributed by atoms with Gasteiger partial charge in [0.2, 0.25) is 0 Å². The Morgan fingerprint density at radius 1 is 0.636 bits per heavy atom. The first-order valence-electron chi connectivity index (χ1n) is 7.35. The van der Waals surface area contributed by atoms with E-state index in [0.29, 0.717) is 0 Å². The van der Waals surface area contributed by atoms with Crippen LogP contribution in [0.25, 0.3) is 43.6 Å². The summed E-state index contributed by atoms with van der Waals surface area (Å²) in [7, 11) is 0. The molecule has 1 aromatic heterocycles. The van der Waals surface area contributed by atoms with E-state index in [9.17, 15) is 0 Å². The molecule has 5 rings (SSSR count). The number of aromatic nitrogens is 2. The van der Waals surface area contributed by atoms with E-state index in [1.807, 2.05) is 6.07 Å². The van der Waals surface area contributed by atoms with E-state index >= 15 is 0 Å². The Morgan fingerprint density at radius 3 is 2.14 bits per heavy atom. The van der Waals surface area contributed by atoms with Gasteiger partial charge in [0.25, 0.3) is 0 Å². The molecule has 22 heavy (non-hydrogen) atoms. The Morgan fingerprint density at radius 2 is 1.36 bits per heavy atom. The molecule has 0 radical (unpaired) electrons. The summed E-state index contributed by atoms with van der Waals surface area (Å²) in [5, 5.41) is 7.77. The fourth-order valence-electron chi connectivity index (χ4n) is 3.41. The van der Waals surface area contributed by atoms with Crippen molar-refractivity contribution in [3.05, 3.63) is 73.2 Å². The monoisotopic (exact) mass is 280 g/mol. The summed E-state index contributed by atoms with van der Waals surface area (Å²) in [5.41, 5.74) is 2.13. The van der Waals surface area contributed by atoms with Crippen LogP contribution in [0.4, 0.5) is 0 Å². The molecule has 102 valence electrons. The van der Waals surface area contributed by atoms with Crippen LogP contribution in [0.1, 0.15) is 0 Å². The van der Waals surface area contributed by atoms with E-state index in [2.05, 4.69) is 64.6 Å². The molecule has 0 saturated heterocycles. The van der Waals surface area contributed by atoms with Gasteiger partial charge in [-0.15, -0.1) is 0 Å². The van der Waals surface area contributed by atoms with Gasteiger partial charge in [-0.1, -0.05) is 54.6 Å². The van der Waals surface area contributed by atoms with Gasteiger partial charge in [0.15, 0.2) is 0 Å². The second kappa shape index (κ2) is 4.25. The zero-order valence-corrected chi connectivity index (χ0v) is 11.8. The molecule has 1 heterocycles. The highest BCUT2D eigenvalue weighted by Crippen LogP contribution is 2.38. The summed E-state index contributed by atoms with van der Waals surface area (Å²) in [5.74, 6) is 0. The van der Waals surface area contributed by atoms with Crippen LogP contribution in [0.15, 0.2) is 73.2 Å². The third-order valence-corrected chi connectivity index (χ3v) is 4.39. The zero-order valence-electron chi connectivity index (χ0n) is 11.8. The molecule has 0 bridgehead atoms. The molecule has 0 N–H and O–H groups in total. The highest BCUT2D eigenvalue weighted by molar-refractivity contribution is 6.25. The molecule has 0 atom stereocenters. The lowest BCUT2D eigenvalue weighted by atomic mass is 9.91. The van der Waals surface area contributed by atoms with E-state index in [4.69, 9.17) is 0 Å². The summed E-state index contributed by atoms with van der Waals surface area (Å²) in [4.78, 5) is 8.44. The molecule has 2 heteroatoms.